The van der Waals surface area contributed by atoms with Crippen molar-refractivity contribution in [3.63, 3.8) is 0 Å². The van der Waals surface area contributed by atoms with Gasteiger partial charge in [-0.25, -0.2) is 0 Å². The normalized spacial score (nSPS) is 10.6. The molecule has 0 N–H and O–H groups in total. The van der Waals surface area contributed by atoms with Crippen LogP contribution in [-0.4, -0.2) is 5.84 Å². The van der Waals surface area contributed by atoms with E-state index in [1.807, 2.05) is 91.0 Å². The van der Waals surface area contributed by atoms with Crippen molar-refractivity contribution < 1.29 is 0 Å². The Morgan fingerprint density at radius 2 is 1.23 bits per heavy atom. The second kappa shape index (κ2) is 7.01. The van der Waals surface area contributed by atoms with E-state index < -0.39 is 0 Å². The molecule has 0 saturated carbocycles. The van der Waals surface area contributed by atoms with E-state index in [4.69, 9.17) is 0 Å². The van der Waals surface area contributed by atoms with Crippen molar-refractivity contribution >= 4 is 11.5 Å². The number of hydrogen-bond donors (Lipinski definition) is 0. The fourth-order valence-corrected chi connectivity index (χ4v) is 2.00. The van der Waals surface area contributed by atoms with Gasteiger partial charge in [-0.2, -0.15) is 0 Å². The first-order valence-electron chi connectivity index (χ1n) is 7.13. The van der Waals surface area contributed by atoms with E-state index in [0.717, 1.165) is 16.8 Å². The minimum Gasteiger partial charge on any atom is -0.148 e. The number of benzene rings is 3. The standard InChI is InChI=1S/C20H15N2/c1-4-10-17(11-5-1)16-21-20(18-12-6-2-7-13-18)22-19-14-8-3-9-15-19/h1-15H/q+1. The Kier molecular flexibility index (Phi) is 4.39. The molecule has 0 heterocycles. The lowest BCUT2D eigenvalue weighted by Crippen LogP contribution is -1.93. The quantitative estimate of drug-likeness (QED) is 0.457. The van der Waals surface area contributed by atoms with Crippen molar-refractivity contribution in [2.45, 2.75) is 0 Å². The average molecular weight is 283 g/mol. The number of rotatable bonds is 2. The fourth-order valence-electron chi connectivity index (χ4n) is 2.00. The molecule has 0 radical (unpaired) electrons. The molecule has 0 amide bonds. The molecule has 0 aliphatic carbocycles. The van der Waals surface area contributed by atoms with Gasteiger partial charge in [0, 0.05) is 0 Å². The molecule has 0 spiro atoms. The van der Waals surface area contributed by atoms with Gasteiger partial charge in [-0.1, -0.05) is 54.6 Å². The molecule has 0 aliphatic heterocycles. The van der Waals surface area contributed by atoms with Crippen LogP contribution < -0.4 is 0 Å². The summed E-state index contributed by atoms with van der Waals surface area (Å²) in [5.74, 6) is 0.649. The Balaban J connectivity index is 2.01. The van der Waals surface area contributed by atoms with Gasteiger partial charge in [0.2, 0.25) is 0 Å². The van der Waals surface area contributed by atoms with Crippen molar-refractivity contribution in [1.82, 2.24) is 0 Å². The third kappa shape index (κ3) is 3.68. The molecular formula is C20H15N2+. The first-order chi connectivity index (χ1) is 10.9. The van der Waals surface area contributed by atoms with Crippen molar-refractivity contribution in [2.24, 2.45) is 4.99 Å². The van der Waals surface area contributed by atoms with Gasteiger partial charge in [0.15, 0.2) is 11.8 Å². The maximum absolute atomic E-state index is 4.63. The Labute approximate surface area is 130 Å². The van der Waals surface area contributed by atoms with E-state index in [1.54, 1.807) is 0 Å². The lowest BCUT2D eigenvalue weighted by molar-refractivity contribution is 1.50. The van der Waals surface area contributed by atoms with Gasteiger partial charge in [0.1, 0.15) is 0 Å². The summed E-state index contributed by atoms with van der Waals surface area (Å²) in [6.45, 7) is 0. The molecule has 0 aliphatic rings. The van der Waals surface area contributed by atoms with E-state index in [1.165, 1.54) is 0 Å². The largest absolute Gasteiger partial charge is 0.433 e. The number of nitrogens with zero attached hydrogens (tertiary/aromatic N) is 2. The molecule has 0 bridgehead atoms. The van der Waals surface area contributed by atoms with E-state index in [-0.39, 0.29) is 0 Å². The highest BCUT2D eigenvalue weighted by Crippen LogP contribution is 2.14. The molecule has 0 atom stereocenters. The Morgan fingerprint density at radius 3 is 1.86 bits per heavy atom. The van der Waals surface area contributed by atoms with Crippen molar-refractivity contribution in [3.05, 3.63) is 107 Å². The minimum atomic E-state index is 0.649. The van der Waals surface area contributed by atoms with E-state index in [0.29, 0.717) is 5.84 Å². The molecule has 0 fully saturated rings. The molecule has 104 valence electrons. The number of hydrogen-bond acceptors (Lipinski definition) is 1. The zero-order valence-corrected chi connectivity index (χ0v) is 12.1. The predicted octanol–water partition coefficient (Wildman–Crippen LogP) is 5.15. The zero-order valence-electron chi connectivity index (χ0n) is 12.1. The number of para-hydroxylation sites is 1. The number of aliphatic imine (C=N–C) groups is 1. The zero-order chi connectivity index (χ0) is 15.0. The maximum atomic E-state index is 4.63. The van der Waals surface area contributed by atoms with E-state index >= 15 is 0 Å². The number of amidine groups is 1. The highest BCUT2D eigenvalue weighted by Gasteiger charge is 2.13. The second-order valence-corrected chi connectivity index (χ2v) is 4.73. The summed E-state index contributed by atoms with van der Waals surface area (Å²) in [6, 6.07) is 32.7. The highest BCUT2D eigenvalue weighted by atomic mass is 14.9. The van der Waals surface area contributed by atoms with Crippen LogP contribution in [0.15, 0.2) is 96.0 Å². The van der Waals surface area contributed by atoms with Crippen LogP contribution in [0.25, 0.3) is 4.85 Å². The average Bonchev–Trinajstić information content (AvgIpc) is 2.61. The van der Waals surface area contributed by atoms with Gasteiger partial charge in [-0.05, 0) is 41.4 Å². The Bertz CT molecular complexity index is 811. The topological polar surface area (TPSA) is 16.7 Å². The SMILES string of the molecule is C(#[N+]C(=Nc1ccccc1)c1ccccc1)c1ccccc1. The van der Waals surface area contributed by atoms with Gasteiger partial charge in [-0.3, -0.25) is 0 Å². The molecule has 3 aromatic carbocycles. The smallest absolute Gasteiger partial charge is 0.148 e. The predicted molar refractivity (Wildman–Crippen MR) is 91.9 cm³/mol. The van der Waals surface area contributed by atoms with Crippen LogP contribution in [0.5, 0.6) is 0 Å². The monoisotopic (exact) mass is 283 g/mol. The van der Waals surface area contributed by atoms with Crippen LogP contribution in [0.1, 0.15) is 11.1 Å². The molecular weight excluding hydrogens is 268 g/mol. The molecule has 2 nitrogen and oxygen atoms in total. The lowest BCUT2D eigenvalue weighted by Gasteiger charge is -1.90. The van der Waals surface area contributed by atoms with Gasteiger partial charge < -0.3 is 0 Å². The van der Waals surface area contributed by atoms with Crippen LogP contribution in [0.4, 0.5) is 5.69 Å². The third-order valence-electron chi connectivity index (χ3n) is 3.09. The van der Waals surface area contributed by atoms with Gasteiger partial charge in [0.25, 0.3) is 0 Å². The van der Waals surface area contributed by atoms with Crippen molar-refractivity contribution in [1.29, 1.82) is 0 Å². The summed E-state index contributed by atoms with van der Waals surface area (Å²) < 4.78 is 0. The van der Waals surface area contributed by atoms with Crippen LogP contribution in [0.2, 0.25) is 0 Å². The van der Waals surface area contributed by atoms with Crippen LogP contribution in [0, 0.1) is 6.07 Å². The van der Waals surface area contributed by atoms with Crippen molar-refractivity contribution in [2.75, 3.05) is 0 Å². The first kappa shape index (κ1) is 13.8. The molecule has 3 aromatic rings. The highest BCUT2D eigenvalue weighted by molar-refractivity contribution is 6.07. The second-order valence-electron chi connectivity index (χ2n) is 4.73. The minimum absolute atomic E-state index is 0.649. The van der Waals surface area contributed by atoms with E-state index in [2.05, 4.69) is 15.9 Å². The maximum Gasteiger partial charge on any atom is 0.433 e. The summed E-state index contributed by atoms with van der Waals surface area (Å²) in [5, 5.41) is 0. The van der Waals surface area contributed by atoms with Gasteiger partial charge in [-0.15, -0.1) is 4.85 Å². The fraction of sp³-hybridized carbons (Fsp3) is 0. The Hall–Kier alpha value is -3.18. The van der Waals surface area contributed by atoms with Crippen LogP contribution >= 0.6 is 0 Å². The summed E-state index contributed by atoms with van der Waals surface area (Å²) in [7, 11) is 0. The van der Waals surface area contributed by atoms with E-state index in [9.17, 15) is 0 Å². The summed E-state index contributed by atoms with van der Waals surface area (Å²) >= 11 is 0. The molecule has 0 saturated heterocycles. The summed E-state index contributed by atoms with van der Waals surface area (Å²) in [5.41, 5.74) is 2.77. The lowest BCUT2D eigenvalue weighted by atomic mass is 10.2. The summed E-state index contributed by atoms with van der Waals surface area (Å²) in [6.07, 6.45) is 0. The first-order valence-corrected chi connectivity index (χ1v) is 7.13. The van der Waals surface area contributed by atoms with Crippen molar-refractivity contribution in [3.8, 4) is 6.07 Å². The molecule has 0 unspecified atom stereocenters. The molecule has 22 heavy (non-hydrogen) atoms. The summed E-state index contributed by atoms with van der Waals surface area (Å²) in [4.78, 5) is 9.09. The molecule has 3 rings (SSSR count). The van der Waals surface area contributed by atoms with Crippen LogP contribution in [0.3, 0.4) is 0 Å². The third-order valence-corrected chi connectivity index (χ3v) is 3.09. The van der Waals surface area contributed by atoms with Gasteiger partial charge >= 0.3 is 5.84 Å². The van der Waals surface area contributed by atoms with Crippen LogP contribution in [-0.2, 0) is 0 Å². The molecule has 0 aromatic heterocycles. The molecule has 2 heteroatoms. The van der Waals surface area contributed by atoms with Gasteiger partial charge in [0.05, 0.1) is 11.1 Å². The Morgan fingerprint density at radius 1 is 0.682 bits per heavy atom.